The number of aromatic nitrogens is 2. The van der Waals surface area contributed by atoms with Crippen molar-refractivity contribution in [3.63, 3.8) is 0 Å². The first kappa shape index (κ1) is 22.8. The number of carbonyl (C=O) groups is 1. The maximum atomic E-state index is 13.7. The summed E-state index contributed by atoms with van der Waals surface area (Å²) in [7, 11) is 0. The van der Waals surface area contributed by atoms with Crippen molar-refractivity contribution >= 4 is 11.7 Å². The molecule has 3 heterocycles. The lowest BCUT2D eigenvalue weighted by Gasteiger charge is -2.40. The van der Waals surface area contributed by atoms with Gasteiger partial charge in [0.1, 0.15) is 12.1 Å². The fraction of sp³-hybridized carbons (Fsp3) is 0.375. The molecule has 0 bridgehead atoms. The minimum atomic E-state index is -4.43. The molecule has 33 heavy (non-hydrogen) atoms. The van der Waals surface area contributed by atoms with Crippen molar-refractivity contribution in [2.75, 3.05) is 18.4 Å². The van der Waals surface area contributed by atoms with Crippen LogP contribution in [-0.4, -0.2) is 39.9 Å². The number of pyridine rings is 1. The summed E-state index contributed by atoms with van der Waals surface area (Å²) in [5.74, 6) is 0.807. The molecule has 1 fully saturated rings. The molecule has 4 rings (SSSR count). The number of hydrogen-bond acceptors (Lipinski definition) is 5. The van der Waals surface area contributed by atoms with Crippen LogP contribution in [0.2, 0.25) is 0 Å². The van der Waals surface area contributed by atoms with Crippen molar-refractivity contribution in [2.24, 2.45) is 5.92 Å². The first-order chi connectivity index (χ1) is 15.7. The third-order valence-electron chi connectivity index (χ3n) is 6.03. The second kappa shape index (κ2) is 9.25. The zero-order valence-electron chi connectivity index (χ0n) is 18.4. The smallest absolute Gasteiger partial charge is 0.417 e. The number of likely N-dealkylation sites (tertiary alicyclic amines) is 1. The van der Waals surface area contributed by atoms with Crippen LogP contribution in [0.3, 0.4) is 0 Å². The van der Waals surface area contributed by atoms with Gasteiger partial charge in [0.15, 0.2) is 0 Å². The number of halogens is 3. The van der Waals surface area contributed by atoms with Gasteiger partial charge in [-0.1, -0.05) is 18.6 Å². The average molecular weight is 458 g/mol. The van der Waals surface area contributed by atoms with Gasteiger partial charge in [-0.15, -0.1) is 0 Å². The summed E-state index contributed by atoms with van der Waals surface area (Å²) in [5, 5.41) is 3.11. The predicted octanol–water partition coefficient (Wildman–Crippen LogP) is 5.42. The fourth-order valence-electron chi connectivity index (χ4n) is 4.22. The van der Waals surface area contributed by atoms with Gasteiger partial charge in [-0.3, -0.25) is 4.79 Å². The van der Waals surface area contributed by atoms with Gasteiger partial charge in [-0.2, -0.15) is 13.2 Å². The summed E-state index contributed by atoms with van der Waals surface area (Å²) in [5.41, 5.74) is 1.30. The monoisotopic (exact) mass is 458 g/mol. The molecular formula is C24H25F3N4O2. The van der Waals surface area contributed by atoms with Crippen LogP contribution in [0, 0.1) is 12.8 Å². The number of alkyl halides is 3. The summed E-state index contributed by atoms with van der Waals surface area (Å²) < 4.78 is 43.8. The Hall–Kier alpha value is -3.36. The van der Waals surface area contributed by atoms with Crippen molar-refractivity contribution in [3.8, 4) is 11.5 Å². The number of rotatable bonds is 5. The van der Waals surface area contributed by atoms with Gasteiger partial charge in [0.2, 0.25) is 5.89 Å². The Balaban J connectivity index is 1.55. The SMILES string of the molecule is Cc1ccc(-c2ncco2)c(C(=O)N2CCCC(C)C2CNc2ccc(C(F)(F)F)cn2)c1. The van der Waals surface area contributed by atoms with Crippen LogP contribution in [0.5, 0.6) is 0 Å². The van der Waals surface area contributed by atoms with Gasteiger partial charge in [0.05, 0.1) is 23.4 Å². The van der Waals surface area contributed by atoms with Crippen molar-refractivity contribution in [1.29, 1.82) is 0 Å². The number of nitrogens with zero attached hydrogens (tertiary/aromatic N) is 3. The van der Waals surface area contributed by atoms with E-state index in [1.807, 2.05) is 30.0 Å². The van der Waals surface area contributed by atoms with Gasteiger partial charge < -0.3 is 14.6 Å². The van der Waals surface area contributed by atoms with Gasteiger partial charge in [0, 0.05) is 24.8 Å². The van der Waals surface area contributed by atoms with Crippen LogP contribution < -0.4 is 5.32 Å². The summed E-state index contributed by atoms with van der Waals surface area (Å²) in [6.07, 6.45) is 1.22. The van der Waals surface area contributed by atoms with E-state index >= 15 is 0 Å². The van der Waals surface area contributed by atoms with Crippen molar-refractivity contribution in [3.05, 3.63) is 65.7 Å². The molecule has 0 aliphatic carbocycles. The van der Waals surface area contributed by atoms with E-state index < -0.39 is 11.7 Å². The lowest BCUT2D eigenvalue weighted by Crippen LogP contribution is -2.51. The molecule has 0 radical (unpaired) electrons. The minimum absolute atomic E-state index is 0.120. The van der Waals surface area contributed by atoms with Gasteiger partial charge in [-0.05, 0) is 49.9 Å². The molecule has 1 aromatic carbocycles. The molecule has 6 nitrogen and oxygen atoms in total. The summed E-state index contributed by atoms with van der Waals surface area (Å²) in [6.45, 7) is 4.97. The van der Waals surface area contributed by atoms with Crippen LogP contribution in [0.15, 0.2) is 53.4 Å². The highest BCUT2D eigenvalue weighted by atomic mass is 19.4. The Labute approximate surface area is 189 Å². The van der Waals surface area contributed by atoms with E-state index in [0.29, 0.717) is 35.9 Å². The number of oxazole rings is 1. The molecule has 2 atom stereocenters. The van der Waals surface area contributed by atoms with Crippen LogP contribution in [-0.2, 0) is 6.18 Å². The third kappa shape index (κ3) is 5.02. The summed E-state index contributed by atoms with van der Waals surface area (Å²) in [4.78, 5) is 23.6. The molecule has 1 amide bonds. The second-order valence-corrected chi connectivity index (χ2v) is 8.38. The summed E-state index contributed by atoms with van der Waals surface area (Å²) >= 11 is 0. The first-order valence-electron chi connectivity index (χ1n) is 10.8. The quantitative estimate of drug-likeness (QED) is 0.553. The van der Waals surface area contributed by atoms with Crippen LogP contribution in [0.25, 0.3) is 11.5 Å². The van der Waals surface area contributed by atoms with E-state index in [1.165, 1.54) is 18.5 Å². The number of aryl methyl sites for hydroxylation is 1. The molecule has 2 aromatic heterocycles. The lowest BCUT2D eigenvalue weighted by atomic mass is 9.89. The number of hydrogen-bond donors (Lipinski definition) is 1. The average Bonchev–Trinajstić information content (AvgIpc) is 3.32. The minimum Gasteiger partial charge on any atom is -0.445 e. The van der Waals surface area contributed by atoms with E-state index in [2.05, 4.69) is 22.2 Å². The molecule has 0 saturated carbocycles. The van der Waals surface area contributed by atoms with E-state index in [9.17, 15) is 18.0 Å². The number of carbonyl (C=O) groups excluding carboxylic acids is 1. The Morgan fingerprint density at radius 3 is 2.73 bits per heavy atom. The predicted molar refractivity (Wildman–Crippen MR) is 118 cm³/mol. The molecule has 1 N–H and O–H groups in total. The molecule has 2 unspecified atom stereocenters. The summed E-state index contributed by atoms with van der Waals surface area (Å²) in [6, 6.07) is 7.74. The largest absolute Gasteiger partial charge is 0.445 e. The van der Waals surface area contributed by atoms with Crippen LogP contribution >= 0.6 is 0 Å². The zero-order valence-corrected chi connectivity index (χ0v) is 18.4. The maximum Gasteiger partial charge on any atom is 0.417 e. The normalized spacial score (nSPS) is 18.9. The van der Waals surface area contributed by atoms with Crippen molar-refractivity contribution in [1.82, 2.24) is 14.9 Å². The number of benzene rings is 1. The third-order valence-corrected chi connectivity index (χ3v) is 6.03. The molecule has 1 aliphatic rings. The van der Waals surface area contributed by atoms with Gasteiger partial charge >= 0.3 is 6.18 Å². The van der Waals surface area contributed by atoms with Gasteiger partial charge in [0.25, 0.3) is 5.91 Å². The maximum absolute atomic E-state index is 13.7. The molecular weight excluding hydrogens is 433 g/mol. The van der Waals surface area contributed by atoms with Crippen molar-refractivity contribution in [2.45, 2.75) is 38.9 Å². The highest BCUT2D eigenvalue weighted by Crippen LogP contribution is 2.31. The van der Waals surface area contributed by atoms with Gasteiger partial charge in [-0.25, -0.2) is 9.97 Å². The highest BCUT2D eigenvalue weighted by Gasteiger charge is 2.34. The van der Waals surface area contributed by atoms with Crippen molar-refractivity contribution < 1.29 is 22.4 Å². The Bertz CT molecular complexity index is 1100. The molecule has 9 heteroatoms. The Morgan fingerprint density at radius 2 is 2.06 bits per heavy atom. The molecule has 1 saturated heterocycles. The van der Waals surface area contributed by atoms with E-state index in [4.69, 9.17) is 4.42 Å². The first-order valence-corrected chi connectivity index (χ1v) is 10.8. The van der Waals surface area contributed by atoms with E-state index in [-0.39, 0.29) is 17.9 Å². The molecule has 1 aliphatic heterocycles. The standard InChI is InChI=1S/C24H25F3N4O2/c1-15-5-7-18(22-28-9-11-33-22)19(12-15)23(32)31-10-3-4-16(2)20(31)14-30-21-8-6-17(13-29-21)24(25,26)27/h5-9,11-13,16,20H,3-4,10,14H2,1-2H3,(H,29,30). The molecule has 3 aromatic rings. The Kier molecular flexibility index (Phi) is 6.40. The zero-order chi connectivity index (χ0) is 23.6. The number of anilines is 1. The number of amides is 1. The lowest BCUT2D eigenvalue weighted by molar-refractivity contribution is -0.137. The molecule has 0 spiro atoms. The van der Waals surface area contributed by atoms with E-state index in [1.54, 1.807) is 0 Å². The van der Waals surface area contributed by atoms with Crippen LogP contribution in [0.1, 0.15) is 41.3 Å². The topological polar surface area (TPSA) is 71.3 Å². The Morgan fingerprint density at radius 1 is 1.24 bits per heavy atom. The number of nitrogens with one attached hydrogen (secondary N) is 1. The number of piperidine rings is 1. The van der Waals surface area contributed by atoms with E-state index in [0.717, 1.165) is 30.7 Å². The second-order valence-electron chi connectivity index (χ2n) is 8.38. The fourth-order valence-corrected chi connectivity index (χ4v) is 4.22. The highest BCUT2D eigenvalue weighted by molar-refractivity contribution is 6.00. The molecule has 174 valence electrons. The van der Waals surface area contributed by atoms with Crippen LogP contribution in [0.4, 0.5) is 19.0 Å².